The Bertz CT molecular complexity index is 397. The van der Waals surface area contributed by atoms with Crippen LogP contribution in [0.15, 0.2) is 29.4 Å². The third kappa shape index (κ3) is 1.79. The predicted octanol–water partition coefficient (Wildman–Crippen LogP) is 2.40. The number of benzene rings is 1. The normalized spacial score (nSPS) is 16.0. The molecular weight excluding hydrogens is 291 g/mol. The molecule has 0 fully saturated rings. The maximum absolute atomic E-state index is 11.5. The molecule has 3 nitrogen and oxygen atoms in total. The molecule has 0 bridgehead atoms. The number of hydrogen-bond acceptors (Lipinski definition) is 2. The van der Waals surface area contributed by atoms with Crippen molar-refractivity contribution in [3.8, 4) is 0 Å². The molecule has 0 N–H and O–H groups in total. The van der Waals surface area contributed by atoms with Crippen molar-refractivity contribution in [2.24, 2.45) is 5.10 Å². The molecule has 1 aromatic carbocycles. The largest absolute Gasteiger partial charge is 0.272 e. The summed E-state index contributed by atoms with van der Waals surface area (Å²) in [5.74, 6) is 0.0451. The maximum Gasteiger partial charge on any atom is 0.253 e. The van der Waals surface area contributed by atoms with Gasteiger partial charge < -0.3 is 0 Å². The van der Waals surface area contributed by atoms with Crippen LogP contribution >= 0.6 is 22.6 Å². The van der Waals surface area contributed by atoms with Gasteiger partial charge in [0, 0.05) is 9.28 Å². The van der Waals surface area contributed by atoms with Gasteiger partial charge in [-0.2, -0.15) is 5.10 Å². The lowest BCUT2D eigenvalue weighted by atomic mass is 10.3. The average Bonchev–Trinajstić information content (AvgIpc) is 2.47. The molecule has 1 aliphatic heterocycles. The van der Waals surface area contributed by atoms with E-state index in [0.29, 0.717) is 6.42 Å². The van der Waals surface area contributed by atoms with Crippen molar-refractivity contribution in [3.63, 3.8) is 0 Å². The minimum Gasteiger partial charge on any atom is -0.272 e. The molecule has 0 unspecified atom stereocenters. The van der Waals surface area contributed by atoms with Crippen LogP contribution in [-0.4, -0.2) is 11.6 Å². The molecule has 2 rings (SSSR count). The van der Waals surface area contributed by atoms with E-state index in [4.69, 9.17) is 0 Å². The number of anilines is 1. The number of hydrazone groups is 1. The van der Waals surface area contributed by atoms with Gasteiger partial charge in [0.25, 0.3) is 5.91 Å². The van der Waals surface area contributed by atoms with Gasteiger partial charge in [0.2, 0.25) is 0 Å². The van der Waals surface area contributed by atoms with Gasteiger partial charge in [0.05, 0.1) is 12.1 Å². The first-order chi connectivity index (χ1) is 6.66. The Kier molecular flexibility index (Phi) is 2.54. The van der Waals surface area contributed by atoms with Crippen LogP contribution in [0.4, 0.5) is 5.69 Å². The SMILES string of the molecule is CC1=NN(c2ccc(I)cc2)C(=O)C1. The molecule has 0 spiro atoms. The zero-order valence-electron chi connectivity index (χ0n) is 7.70. The van der Waals surface area contributed by atoms with Crippen LogP contribution in [-0.2, 0) is 4.79 Å². The predicted molar refractivity (Wildman–Crippen MR) is 64.4 cm³/mol. The molecule has 14 heavy (non-hydrogen) atoms. The highest BCUT2D eigenvalue weighted by Crippen LogP contribution is 2.21. The molecule has 1 heterocycles. The first kappa shape index (κ1) is 9.64. The topological polar surface area (TPSA) is 32.7 Å². The molecule has 0 saturated carbocycles. The fourth-order valence-electron chi connectivity index (χ4n) is 1.34. The monoisotopic (exact) mass is 300 g/mol. The smallest absolute Gasteiger partial charge is 0.253 e. The summed E-state index contributed by atoms with van der Waals surface area (Å²) in [6, 6.07) is 7.74. The quantitative estimate of drug-likeness (QED) is 0.733. The van der Waals surface area contributed by atoms with E-state index in [1.165, 1.54) is 5.01 Å². The number of carbonyl (C=O) groups is 1. The van der Waals surface area contributed by atoms with E-state index >= 15 is 0 Å². The second kappa shape index (κ2) is 3.68. The van der Waals surface area contributed by atoms with E-state index < -0.39 is 0 Å². The van der Waals surface area contributed by atoms with Crippen LogP contribution in [0.5, 0.6) is 0 Å². The van der Waals surface area contributed by atoms with Gasteiger partial charge >= 0.3 is 0 Å². The van der Waals surface area contributed by atoms with Crippen LogP contribution < -0.4 is 5.01 Å². The van der Waals surface area contributed by atoms with Gasteiger partial charge in [0.15, 0.2) is 0 Å². The summed E-state index contributed by atoms with van der Waals surface area (Å²) in [6.45, 7) is 1.87. The van der Waals surface area contributed by atoms with Gasteiger partial charge in [-0.15, -0.1) is 0 Å². The number of hydrogen-bond donors (Lipinski definition) is 0. The van der Waals surface area contributed by atoms with E-state index in [9.17, 15) is 4.79 Å². The fourth-order valence-corrected chi connectivity index (χ4v) is 1.70. The molecule has 72 valence electrons. The molecule has 0 atom stereocenters. The number of carbonyl (C=O) groups excluding carboxylic acids is 1. The lowest BCUT2D eigenvalue weighted by Gasteiger charge is -2.11. The molecule has 1 aliphatic rings. The molecule has 0 aliphatic carbocycles. The molecule has 0 saturated heterocycles. The number of nitrogens with zero attached hydrogens (tertiary/aromatic N) is 2. The Labute approximate surface area is 95.9 Å². The third-order valence-electron chi connectivity index (χ3n) is 1.99. The Morgan fingerprint density at radius 3 is 2.50 bits per heavy atom. The highest BCUT2D eigenvalue weighted by molar-refractivity contribution is 14.1. The lowest BCUT2D eigenvalue weighted by molar-refractivity contribution is -0.116. The van der Waals surface area contributed by atoms with Crippen LogP contribution in [0, 0.1) is 3.57 Å². The summed E-state index contributed by atoms with van der Waals surface area (Å²) < 4.78 is 1.15. The average molecular weight is 300 g/mol. The van der Waals surface area contributed by atoms with Gasteiger partial charge in [0.1, 0.15) is 0 Å². The van der Waals surface area contributed by atoms with Crippen LogP contribution in [0.25, 0.3) is 0 Å². The summed E-state index contributed by atoms with van der Waals surface area (Å²) in [4.78, 5) is 11.5. The number of halogens is 1. The Morgan fingerprint density at radius 1 is 1.36 bits per heavy atom. The Morgan fingerprint density at radius 2 is 2.00 bits per heavy atom. The number of amides is 1. The minimum absolute atomic E-state index is 0.0451. The first-order valence-electron chi connectivity index (χ1n) is 4.29. The highest BCUT2D eigenvalue weighted by Gasteiger charge is 2.22. The second-order valence-electron chi connectivity index (χ2n) is 3.19. The van der Waals surface area contributed by atoms with Crippen molar-refractivity contribution < 1.29 is 4.79 Å². The van der Waals surface area contributed by atoms with Gasteiger partial charge in [-0.05, 0) is 53.8 Å². The van der Waals surface area contributed by atoms with Gasteiger partial charge in [-0.25, -0.2) is 5.01 Å². The van der Waals surface area contributed by atoms with E-state index in [1.54, 1.807) is 0 Å². The van der Waals surface area contributed by atoms with Crippen molar-refractivity contribution >= 4 is 39.9 Å². The summed E-state index contributed by atoms with van der Waals surface area (Å²) in [6.07, 6.45) is 0.436. The van der Waals surface area contributed by atoms with E-state index in [-0.39, 0.29) is 5.91 Å². The summed E-state index contributed by atoms with van der Waals surface area (Å²) >= 11 is 2.23. The number of rotatable bonds is 1. The molecule has 0 aromatic heterocycles. The standard InChI is InChI=1S/C10H9IN2O/c1-7-6-10(14)13(12-7)9-4-2-8(11)3-5-9/h2-5H,6H2,1H3. The second-order valence-corrected chi connectivity index (χ2v) is 4.44. The van der Waals surface area contributed by atoms with E-state index in [0.717, 1.165) is 15.0 Å². The van der Waals surface area contributed by atoms with Crippen molar-refractivity contribution in [3.05, 3.63) is 27.8 Å². The van der Waals surface area contributed by atoms with Crippen molar-refractivity contribution in [1.82, 2.24) is 0 Å². The Balaban J connectivity index is 2.32. The zero-order valence-corrected chi connectivity index (χ0v) is 9.85. The fraction of sp³-hybridized carbons (Fsp3) is 0.200. The molecule has 0 radical (unpaired) electrons. The van der Waals surface area contributed by atoms with Gasteiger partial charge in [-0.1, -0.05) is 0 Å². The Hall–Kier alpha value is -0.910. The maximum atomic E-state index is 11.5. The first-order valence-corrected chi connectivity index (χ1v) is 5.37. The molecule has 4 heteroatoms. The summed E-state index contributed by atoms with van der Waals surface area (Å²) in [5, 5.41) is 5.63. The van der Waals surface area contributed by atoms with Crippen LogP contribution in [0.1, 0.15) is 13.3 Å². The van der Waals surface area contributed by atoms with Crippen LogP contribution in [0.2, 0.25) is 0 Å². The minimum atomic E-state index is 0.0451. The summed E-state index contributed by atoms with van der Waals surface area (Å²) in [5.41, 5.74) is 1.71. The van der Waals surface area contributed by atoms with Gasteiger partial charge in [-0.3, -0.25) is 4.79 Å². The molecular formula is C10H9IN2O. The van der Waals surface area contributed by atoms with E-state index in [1.807, 2.05) is 31.2 Å². The molecule has 1 amide bonds. The van der Waals surface area contributed by atoms with Crippen molar-refractivity contribution in [1.29, 1.82) is 0 Å². The molecule has 1 aromatic rings. The highest BCUT2D eigenvalue weighted by atomic mass is 127. The van der Waals surface area contributed by atoms with E-state index in [2.05, 4.69) is 27.7 Å². The van der Waals surface area contributed by atoms with Crippen LogP contribution in [0.3, 0.4) is 0 Å². The van der Waals surface area contributed by atoms with Crippen molar-refractivity contribution in [2.45, 2.75) is 13.3 Å². The van der Waals surface area contributed by atoms with Crippen molar-refractivity contribution in [2.75, 3.05) is 5.01 Å². The lowest BCUT2D eigenvalue weighted by Crippen LogP contribution is -2.19. The third-order valence-corrected chi connectivity index (χ3v) is 2.70. The zero-order chi connectivity index (χ0) is 10.1. The summed E-state index contributed by atoms with van der Waals surface area (Å²) in [7, 11) is 0.